The minimum absolute atomic E-state index is 0.0507. The molecule has 3 aromatic carbocycles. The summed E-state index contributed by atoms with van der Waals surface area (Å²) in [5.41, 5.74) is 6.98. The number of amides is 3. The van der Waals surface area contributed by atoms with Crippen molar-refractivity contribution in [2.24, 2.45) is 5.73 Å². The van der Waals surface area contributed by atoms with Gasteiger partial charge in [0, 0.05) is 24.2 Å². The van der Waals surface area contributed by atoms with Gasteiger partial charge in [-0.2, -0.15) is 0 Å². The number of anilines is 1. The number of benzene rings is 3. The van der Waals surface area contributed by atoms with Crippen molar-refractivity contribution in [3.63, 3.8) is 0 Å². The Hall–Kier alpha value is -3.67. The van der Waals surface area contributed by atoms with E-state index in [2.05, 4.69) is 10.6 Å². The van der Waals surface area contributed by atoms with Crippen molar-refractivity contribution in [1.82, 2.24) is 5.32 Å². The molecule has 0 saturated carbocycles. The lowest BCUT2D eigenvalue weighted by atomic mass is 10.1. The average molecular weight is 375 g/mol. The van der Waals surface area contributed by atoms with E-state index in [1.807, 2.05) is 36.4 Å². The molecule has 0 heterocycles. The Morgan fingerprint density at radius 3 is 2.36 bits per heavy atom. The Kier molecular flexibility index (Phi) is 6.01. The quantitative estimate of drug-likeness (QED) is 0.592. The number of rotatable bonds is 7. The Labute approximate surface area is 162 Å². The number of primary amides is 1. The van der Waals surface area contributed by atoms with Crippen molar-refractivity contribution < 1.29 is 14.4 Å². The molecule has 0 aliphatic heterocycles. The lowest BCUT2D eigenvalue weighted by Gasteiger charge is -2.10. The van der Waals surface area contributed by atoms with Gasteiger partial charge in [-0.3, -0.25) is 14.4 Å². The maximum Gasteiger partial charge on any atom is 0.251 e. The van der Waals surface area contributed by atoms with Gasteiger partial charge in [0.05, 0.1) is 6.42 Å². The van der Waals surface area contributed by atoms with E-state index in [1.165, 1.54) is 0 Å². The van der Waals surface area contributed by atoms with E-state index < -0.39 is 5.91 Å². The van der Waals surface area contributed by atoms with Crippen LogP contribution in [0.5, 0.6) is 0 Å². The van der Waals surface area contributed by atoms with Gasteiger partial charge < -0.3 is 16.4 Å². The summed E-state index contributed by atoms with van der Waals surface area (Å²) in [4.78, 5) is 35.6. The van der Waals surface area contributed by atoms with Crippen molar-refractivity contribution in [2.45, 2.75) is 12.8 Å². The fourth-order valence-electron chi connectivity index (χ4n) is 2.92. The van der Waals surface area contributed by atoms with Crippen LogP contribution < -0.4 is 16.4 Å². The van der Waals surface area contributed by atoms with Gasteiger partial charge in [-0.05, 0) is 34.5 Å². The molecule has 4 N–H and O–H groups in total. The molecular formula is C22H21N3O3. The highest BCUT2D eigenvalue weighted by molar-refractivity contribution is 5.99. The zero-order valence-corrected chi connectivity index (χ0v) is 15.3. The molecule has 3 amide bonds. The van der Waals surface area contributed by atoms with Crippen LogP contribution in [0.3, 0.4) is 0 Å². The molecule has 142 valence electrons. The highest BCUT2D eigenvalue weighted by Gasteiger charge is 2.10. The Bertz CT molecular complexity index is 1030. The Balaban J connectivity index is 1.53. The van der Waals surface area contributed by atoms with Crippen molar-refractivity contribution in [3.05, 3.63) is 77.9 Å². The Morgan fingerprint density at radius 1 is 0.857 bits per heavy atom. The largest absolute Gasteiger partial charge is 0.369 e. The summed E-state index contributed by atoms with van der Waals surface area (Å²) in [7, 11) is 0. The number of nitrogens with one attached hydrogen (secondary N) is 2. The van der Waals surface area contributed by atoms with Crippen LogP contribution in [-0.2, 0) is 16.0 Å². The SMILES string of the molecule is NC(=O)Cc1ccccc1NC(=O)CCNC(=O)c1ccc2ccccc2c1. The topological polar surface area (TPSA) is 101 Å². The number of hydrogen-bond acceptors (Lipinski definition) is 3. The van der Waals surface area contributed by atoms with Crippen LogP contribution in [0.2, 0.25) is 0 Å². The first-order chi connectivity index (χ1) is 13.5. The van der Waals surface area contributed by atoms with Crippen LogP contribution in [-0.4, -0.2) is 24.3 Å². The lowest BCUT2D eigenvalue weighted by Crippen LogP contribution is -2.27. The van der Waals surface area contributed by atoms with Gasteiger partial charge in [0.1, 0.15) is 0 Å². The second-order valence-corrected chi connectivity index (χ2v) is 6.42. The first kappa shape index (κ1) is 19.1. The molecule has 0 aliphatic carbocycles. The van der Waals surface area contributed by atoms with Crippen molar-refractivity contribution in [3.8, 4) is 0 Å². The van der Waals surface area contributed by atoms with E-state index in [-0.39, 0.29) is 31.2 Å². The predicted octanol–water partition coefficient (Wildman–Crippen LogP) is 2.63. The number of para-hydroxylation sites is 1. The minimum Gasteiger partial charge on any atom is -0.369 e. The number of carbonyl (C=O) groups excluding carboxylic acids is 3. The molecule has 3 aromatic rings. The Morgan fingerprint density at radius 2 is 1.57 bits per heavy atom. The zero-order chi connectivity index (χ0) is 19.9. The maximum atomic E-state index is 12.3. The van der Waals surface area contributed by atoms with E-state index in [4.69, 9.17) is 5.73 Å². The molecule has 0 fully saturated rings. The molecule has 0 aromatic heterocycles. The average Bonchev–Trinajstić information content (AvgIpc) is 2.68. The molecule has 0 unspecified atom stereocenters. The highest BCUT2D eigenvalue weighted by Crippen LogP contribution is 2.16. The van der Waals surface area contributed by atoms with Gasteiger partial charge >= 0.3 is 0 Å². The third-order valence-corrected chi connectivity index (χ3v) is 4.31. The fourth-order valence-corrected chi connectivity index (χ4v) is 2.92. The van der Waals surface area contributed by atoms with E-state index in [0.717, 1.165) is 10.8 Å². The molecule has 0 aliphatic rings. The molecule has 3 rings (SSSR count). The van der Waals surface area contributed by atoms with Crippen molar-refractivity contribution in [2.75, 3.05) is 11.9 Å². The van der Waals surface area contributed by atoms with Crippen LogP contribution in [0.1, 0.15) is 22.3 Å². The number of hydrogen-bond donors (Lipinski definition) is 3. The molecule has 0 spiro atoms. The molecule has 28 heavy (non-hydrogen) atoms. The second kappa shape index (κ2) is 8.81. The smallest absolute Gasteiger partial charge is 0.251 e. The third-order valence-electron chi connectivity index (χ3n) is 4.31. The van der Waals surface area contributed by atoms with Gasteiger partial charge in [0.15, 0.2) is 0 Å². The molecule has 0 saturated heterocycles. The van der Waals surface area contributed by atoms with E-state index >= 15 is 0 Å². The van der Waals surface area contributed by atoms with Gasteiger partial charge in [-0.15, -0.1) is 0 Å². The van der Waals surface area contributed by atoms with Crippen LogP contribution >= 0.6 is 0 Å². The van der Waals surface area contributed by atoms with Crippen LogP contribution in [0, 0.1) is 0 Å². The predicted molar refractivity (Wildman–Crippen MR) is 109 cm³/mol. The fraction of sp³-hybridized carbons (Fsp3) is 0.136. The van der Waals surface area contributed by atoms with Gasteiger partial charge in [0.25, 0.3) is 5.91 Å². The molecule has 0 atom stereocenters. The van der Waals surface area contributed by atoms with Gasteiger partial charge in [0.2, 0.25) is 11.8 Å². The number of nitrogens with two attached hydrogens (primary N) is 1. The molecule has 0 radical (unpaired) electrons. The normalized spacial score (nSPS) is 10.4. The molecule has 0 bridgehead atoms. The van der Waals surface area contributed by atoms with Crippen LogP contribution in [0.4, 0.5) is 5.69 Å². The lowest BCUT2D eigenvalue weighted by molar-refractivity contribution is -0.118. The second-order valence-electron chi connectivity index (χ2n) is 6.42. The first-order valence-electron chi connectivity index (χ1n) is 8.96. The molecule has 6 heteroatoms. The summed E-state index contributed by atoms with van der Waals surface area (Å²) in [5, 5.41) is 7.56. The maximum absolute atomic E-state index is 12.3. The third kappa shape index (κ3) is 4.94. The summed E-state index contributed by atoms with van der Waals surface area (Å²) in [5.74, 6) is -0.951. The van der Waals surface area contributed by atoms with Gasteiger partial charge in [-0.25, -0.2) is 0 Å². The van der Waals surface area contributed by atoms with Crippen LogP contribution in [0.25, 0.3) is 10.8 Å². The summed E-state index contributed by atoms with van der Waals surface area (Å²) in [6.07, 6.45) is 0.166. The summed E-state index contributed by atoms with van der Waals surface area (Å²) < 4.78 is 0. The van der Waals surface area contributed by atoms with Crippen molar-refractivity contribution in [1.29, 1.82) is 0 Å². The minimum atomic E-state index is -0.468. The van der Waals surface area contributed by atoms with E-state index in [9.17, 15) is 14.4 Å². The first-order valence-corrected chi connectivity index (χ1v) is 8.96. The standard InChI is InChI=1S/C22H21N3O3/c23-20(26)14-17-7-3-4-8-19(17)25-21(27)11-12-24-22(28)18-10-9-15-5-1-2-6-16(15)13-18/h1-10,13H,11-12,14H2,(H2,23,26)(H,24,28)(H,25,27). The van der Waals surface area contributed by atoms with E-state index in [1.54, 1.807) is 30.3 Å². The van der Waals surface area contributed by atoms with Crippen LogP contribution in [0.15, 0.2) is 66.7 Å². The van der Waals surface area contributed by atoms with Crippen molar-refractivity contribution >= 4 is 34.2 Å². The highest BCUT2D eigenvalue weighted by atomic mass is 16.2. The molecular weight excluding hydrogens is 354 g/mol. The summed E-state index contributed by atoms with van der Waals surface area (Å²) in [6.45, 7) is 0.204. The zero-order valence-electron chi connectivity index (χ0n) is 15.3. The van der Waals surface area contributed by atoms with Gasteiger partial charge in [-0.1, -0.05) is 48.5 Å². The summed E-state index contributed by atoms with van der Waals surface area (Å²) >= 11 is 0. The summed E-state index contributed by atoms with van der Waals surface area (Å²) in [6, 6.07) is 20.3. The molecule has 6 nitrogen and oxygen atoms in total. The number of carbonyl (C=O) groups is 3. The monoisotopic (exact) mass is 375 g/mol. The van der Waals surface area contributed by atoms with E-state index in [0.29, 0.717) is 16.8 Å². The number of fused-ring (bicyclic) bond motifs is 1.